The van der Waals surface area contributed by atoms with Gasteiger partial charge in [0, 0.05) is 11.1 Å². The third-order valence-corrected chi connectivity index (χ3v) is 1.83. The van der Waals surface area contributed by atoms with Crippen molar-refractivity contribution in [1.29, 1.82) is 0 Å². The summed E-state index contributed by atoms with van der Waals surface area (Å²) in [5.74, 6) is -0.0758. The lowest BCUT2D eigenvalue weighted by Gasteiger charge is -2.01. The molecule has 0 unspecified atom stereocenters. The number of rotatable bonds is 0. The fraction of sp³-hybridized carbons (Fsp3) is 0.125. The van der Waals surface area contributed by atoms with Crippen LogP contribution in [0.3, 0.4) is 0 Å². The molecule has 1 amide bonds. The van der Waals surface area contributed by atoms with Crippen LogP contribution in [0.1, 0.15) is 22.1 Å². The van der Waals surface area contributed by atoms with Gasteiger partial charge >= 0.3 is 0 Å². The van der Waals surface area contributed by atoms with Gasteiger partial charge in [0.1, 0.15) is 6.17 Å². The molecule has 0 spiro atoms. The van der Waals surface area contributed by atoms with Crippen LogP contribution in [0.15, 0.2) is 24.3 Å². The molecule has 3 heteroatoms. The number of carbonyl (C=O) groups excluding carboxylic acids is 1. The topological polar surface area (TPSA) is 55.1 Å². The molecule has 0 bridgehead atoms. The minimum atomic E-state index is -0.321. The standard InChI is InChI=1S/C8H8N2O/c9-7-5-3-1-2-4-6(5)8(11)10-7/h1-4,7H,9H2,(H,10,11)/t7-/m0/s1. The van der Waals surface area contributed by atoms with Gasteiger partial charge in [0.2, 0.25) is 0 Å². The molecule has 1 aromatic carbocycles. The third-order valence-electron chi connectivity index (χ3n) is 1.83. The van der Waals surface area contributed by atoms with Crippen molar-refractivity contribution in [3.05, 3.63) is 35.4 Å². The normalized spacial score (nSPS) is 21.2. The van der Waals surface area contributed by atoms with Gasteiger partial charge < -0.3 is 11.1 Å². The lowest BCUT2D eigenvalue weighted by Crippen LogP contribution is -2.25. The van der Waals surface area contributed by atoms with E-state index < -0.39 is 0 Å². The third kappa shape index (κ3) is 0.816. The molecule has 1 aliphatic heterocycles. The molecule has 0 radical (unpaired) electrons. The van der Waals surface area contributed by atoms with Gasteiger partial charge in [-0.05, 0) is 6.07 Å². The number of nitrogens with one attached hydrogen (secondary N) is 1. The molecule has 56 valence electrons. The average Bonchev–Trinajstić information content (AvgIpc) is 2.30. The molecule has 0 fully saturated rings. The van der Waals surface area contributed by atoms with Crippen molar-refractivity contribution < 1.29 is 4.79 Å². The summed E-state index contributed by atoms with van der Waals surface area (Å²) in [5.41, 5.74) is 7.19. The smallest absolute Gasteiger partial charge is 0.253 e. The van der Waals surface area contributed by atoms with Gasteiger partial charge in [-0.2, -0.15) is 0 Å². The second-order valence-electron chi connectivity index (χ2n) is 2.54. The lowest BCUT2D eigenvalue weighted by atomic mass is 10.1. The predicted octanol–water partition coefficient (Wildman–Crippen LogP) is 0.387. The SMILES string of the molecule is N[C@H]1NC(=O)c2ccccc21. The maximum Gasteiger partial charge on any atom is 0.253 e. The number of benzene rings is 1. The fourth-order valence-electron chi connectivity index (χ4n) is 1.27. The van der Waals surface area contributed by atoms with Crippen molar-refractivity contribution in [3.8, 4) is 0 Å². The van der Waals surface area contributed by atoms with E-state index in [1.807, 2.05) is 18.2 Å². The molecule has 1 aromatic rings. The summed E-state index contributed by atoms with van der Waals surface area (Å²) >= 11 is 0. The van der Waals surface area contributed by atoms with E-state index in [0.717, 1.165) is 5.56 Å². The molecular weight excluding hydrogens is 140 g/mol. The summed E-state index contributed by atoms with van der Waals surface area (Å²) in [6.45, 7) is 0. The van der Waals surface area contributed by atoms with E-state index in [4.69, 9.17) is 5.73 Å². The van der Waals surface area contributed by atoms with Crippen LogP contribution in [0.2, 0.25) is 0 Å². The summed E-state index contributed by atoms with van der Waals surface area (Å²) in [5, 5.41) is 2.62. The van der Waals surface area contributed by atoms with Crippen molar-refractivity contribution >= 4 is 5.91 Å². The number of hydrogen-bond acceptors (Lipinski definition) is 2. The summed E-state index contributed by atoms with van der Waals surface area (Å²) in [6, 6.07) is 7.34. The summed E-state index contributed by atoms with van der Waals surface area (Å²) in [6.07, 6.45) is -0.321. The Bertz CT molecular complexity index is 309. The van der Waals surface area contributed by atoms with Crippen LogP contribution >= 0.6 is 0 Å². The van der Waals surface area contributed by atoms with Crippen molar-refractivity contribution in [1.82, 2.24) is 5.32 Å². The minimum absolute atomic E-state index is 0.0758. The van der Waals surface area contributed by atoms with Crippen LogP contribution in [0, 0.1) is 0 Å². The molecule has 0 aromatic heterocycles. The lowest BCUT2D eigenvalue weighted by molar-refractivity contribution is 0.0957. The van der Waals surface area contributed by atoms with E-state index in [1.165, 1.54) is 0 Å². The van der Waals surface area contributed by atoms with E-state index in [0.29, 0.717) is 5.56 Å². The maximum atomic E-state index is 11.1. The first kappa shape index (κ1) is 6.37. The highest BCUT2D eigenvalue weighted by Crippen LogP contribution is 2.20. The Morgan fingerprint density at radius 3 is 2.82 bits per heavy atom. The first-order valence-corrected chi connectivity index (χ1v) is 3.44. The Kier molecular flexibility index (Phi) is 1.20. The number of amides is 1. The molecule has 0 aliphatic carbocycles. The van der Waals surface area contributed by atoms with E-state index in [1.54, 1.807) is 6.07 Å². The van der Waals surface area contributed by atoms with Gasteiger partial charge in [0.05, 0.1) is 0 Å². The van der Waals surface area contributed by atoms with Gasteiger partial charge in [-0.25, -0.2) is 0 Å². The Hall–Kier alpha value is -1.35. The zero-order chi connectivity index (χ0) is 7.84. The van der Waals surface area contributed by atoms with Crippen LogP contribution in [-0.2, 0) is 0 Å². The van der Waals surface area contributed by atoms with Crippen LogP contribution in [0.4, 0.5) is 0 Å². The van der Waals surface area contributed by atoms with Crippen LogP contribution in [0.25, 0.3) is 0 Å². The molecule has 11 heavy (non-hydrogen) atoms. The van der Waals surface area contributed by atoms with E-state index in [-0.39, 0.29) is 12.1 Å². The van der Waals surface area contributed by atoms with Gasteiger partial charge in [-0.3, -0.25) is 4.79 Å². The first-order chi connectivity index (χ1) is 5.29. The molecule has 1 atom stereocenters. The average molecular weight is 148 g/mol. The largest absolute Gasteiger partial charge is 0.333 e. The zero-order valence-electron chi connectivity index (χ0n) is 5.87. The van der Waals surface area contributed by atoms with Gasteiger partial charge in [-0.1, -0.05) is 18.2 Å². The summed E-state index contributed by atoms with van der Waals surface area (Å²) in [7, 11) is 0. The number of hydrogen-bond donors (Lipinski definition) is 2. The predicted molar refractivity (Wildman–Crippen MR) is 40.8 cm³/mol. The second-order valence-corrected chi connectivity index (χ2v) is 2.54. The minimum Gasteiger partial charge on any atom is -0.333 e. The highest BCUT2D eigenvalue weighted by atomic mass is 16.2. The Labute approximate surface area is 64.2 Å². The van der Waals surface area contributed by atoms with Gasteiger partial charge in [0.25, 0.3) is 5.91 Å². The first-order valence-electron chi connectivity index (χ1n) is 3.44. The Morgan fingerprint density at radius 2 is 2.09 bits per heavy atom. The van der Waals surface area contributed by atoms with E-state index in [2.05, 4.69) is 5.32 Å². The molecule has 0 saturated heterocycles. The van der Waals surface area contributed by atoms with Crippen molar-refractivity contribution in [2.75, 3.05) is 0 Å². The number of fused-ring (bicyclic) bond motifs is 1. The summed E-state index contributed by atoms with van der Waals surface area (Å²) < 4.78 is 0. The highest BCUT2D eigenvalue weighted by molar-refractivity contribution is 5.98. The Balaban J connectivity index is 2.60. The fourth-order valence-corrected chi connectivity index (χ4v) is 1.27. The molecule has 3 N–H and O–H groups in total. The highest BCUT2D eigenvalue weighted by Gasteiger charge is 2.24. The van der Waals surface area contributed by atoms with Crippen molar-refractivity contribution in [2.24, 2.45) is 5.73 Å². The quantitative estimate of drug-likeness (QED) is 0.559. The van der Waals surface area contributed by atoms with Crippen LogP contribution in [-0.4, -0.2) is 5.91 Å². The van der Waals surface area contributed by atoms with Gasteiger partial charge in [-0.15, -0.1) is 0 Å². The molecule has 2 rings (SSSR count). The molecule has 1 heterocycles. The number of carbonyl (C=O) groups is 1. The van der Waals surface area contributed by atoms with Crippen LogP contribution in [0.5, 0.6) is 0 Å². The van der Waals surface area contributed by atoms with Gasteiger partial charge in [0.15, 0.2) is 0 Å². The monoisotopic (exact) mass is 148 g/mol. The summed E-state index contributed by atoms with van der Waals surface area (Å²) in [4.78, 5) is 11.1. The van der Waals surface area contributed by atoms with E-state index in [9.17, 15) is 4.79 Å². The maximum absolute atomic E-state index is 11.1. The molecular formula is C8H8N2O. The molecule has 0 saturated carbocycles. The zero-order valence-corrected chi connectivity index (χ0v) is 5.87. The molecule has 1 aliphatic rings. The van der Waals surface area contributed by atoms with Crippen LogP contribution < -0.4 is 11.1 Å². The molecule has 3 nitrogen and oxygen atoms in total. The second kappa shape index (κ2) is 2.07. The number of nitrogens with two attached hydrogens (primary N) is 1. The Morgan fingerprint density at radius 1 is 1.36 bits per heavy atom. The van der Waals surface area contributed by atoms with Crippen molar-refractivity contribution in [3.63, 3.8) is 0 Å². The van der Waals surface area contributed by atoms with E-state index >= 15 is 0 Å². The van der Waals surface area contributed by atoms with Crippen molar-refractivity contribution in [2.45, 2.75) is 6.17 Å².